The van der Waals surface area contributed by atoms with Crippen LogP contribution in [0.3, 0.4) is 0 Å². The van der Waals surface area contributed by atoms with Crippen molar-refractivity contribution in [1.29, 1.82) is 0 Å². The van der Waals surface area contributed by atoms with E-state index in [1.807, 2.05) is 0 Å². The Morgan fingerprint density at radius 3 is 1.87 bits per heavy atom. The quantitative estimate of drug-likeness (QED) is 0.0917. The fourth-order valence-electron chi connectivity index (χ4n) is 6.19. The molecule has 3 fully saturated rings. The van der Waals surface area contributed by atoms with Crippen LogP contribution in [-0.4, -0.2) is 172 Å². The second kappa shape index (κ2) is 15.7. The molecule has 0 aliphatic carbocycles. The van der Waals surface area contributed by atoms with Crippen LogP contribution in [0.2, 0.25) is 0 Å². The smallest absolute Gasteiger partial charge is 0.239 e. The van der Waals surface area contributed by atoms with Crippen molar-refractivity contribution in [3.63, 3.8) is 0 Å². The zero-order chi connectivity index (χ0) is 39.3. The van der Waals surface area contributed by atoms with E-state index in [1.54, 1.807) is 0 Å². The molecular weight excluding hydrogens is 732 g/mol. The van der Waals surface area contributed by atoms with Crippen LogP contribution in [-0.2, 0) is 18.9 Å². The molecule has 7 unspecified atom stereocenters. The van der Waals surface area contributed by atoms with Crippen molar-refractivity contribution in [3.05, 3.63) is 40.6 Å². The van der Waals surface area contributed by atoms with Gasteiger partial charge in [-0.2, -0.15) is 0 Å². The summed E-state index contributed by atoms with van der Waals surface area (Å²) in [4.78, 5) is 14.1. The highest BCUT2D eigenvalue weighted by Crippen LogP contribution is 2.40. The first-order chi connectivity index (χ1) is 25.5. The van der Waals surface area contributed by atoms with Gasteiger partial charge in [-0.3, -0.25) is 4.79 Å². The Labute approximate surface area is 303 Å². The van der Waals surface area contributed by atoms with E-state index >= 15 is 0 Å². The minimum atomic E-state index is -2.05. The first-order valence-electron chi connectivity index (χ1n) is 16.5. The van der Waals surface area contributed by atoms with Crippen molar-refractivity contribution < 1.29 is 99.2 Å². The Morgan fingerprint density at radius 1 is 0.630 bits per heavy atom. The number of ether oxygens (including phenoxy) is 6. The van der Waals surface area contributed by atoms with Crippen LogP contribution in [0.15, 0.2) is 39.5 Å². The van der Waals surface area contributed by atoms with Gasteiger partial charge in [0, 0.05) is 17.7 Å². The minimum Gasteiger partial charge on any atom is -0.507 e. The van der Waals surface area contributed by atoms with Gasteiger partial charge in [-0.1, -0.05) is 0 Å². The molecule has 15 atom stereocenters. The van der Waals surface area contributed by atoms with Crippen LogP contribution in [0, 0.1) is 0 Å². The summed E-state index contributed by atoms with van der Waals surface area (Å²) in [6.07, 6.45) is -25.1. The molecule has 0 amide bonds. The molecule has 0 bridgehead atoms. The number of fused-ring (bicyclic) bond motifs is 1. The molecule has 4 heterocycles. The summed E-state index contributed by atoms with van der Waals surface area (Å²) in [5.41, 5.74) is -1.66. The predicted molar refractivity (Wildman–Crippen MR) is 173 cm³/mol. The summed E-state index contributed by atoms with van der Waals surface area (Å²) >= 11 is 0. The maximum Gasteiger partial charge on any atom is 0.239 e. The lowest BCUT2D eigenvalue weighted by Crippen LogP contribution is -2.61. The molecule has 13 N–H and O–H groups in total. The third-order valence-electron chi connectivity index (χ3n) is 9.38. The van der Waals surface area contributed by atoms with Gasteiger partial charge in [-0.15, -0.1) is 0 Å². The zero-order valence-corrected chi connectivity index (χ0v) is 28.0. The molecular formula is C33H40O21. The van der Waals surface area contributed by atoms with Crippen LogP contribution in [0.1, 0.15) is 6.92 Å². The van der Waals surface area contributed by atoms with Crippen LogP contribution >= 0.6 is 0 Å². The van der Waals surface area contributed by atoms with Crippen molar-refractivity contribution in [2.45, 2.75) is 99.0 Å². The predicted octanol–water partition coefficient (Wildman–Crippen LogP) is -4.21. The number of hydrogen-bond donors (Lipinski definition) is 13. The average Bonchev–Trinajstić information content (AvgIpc) is 3.14. The maximum absolute atomic E-state index is 14.1. The molecule has 3 aliphatic rings. The molecule has 3 aliphatic heterocycles. The molecule has 0 saturated carbocycles. The highest BCUT2D eigenvalue weighted by molar-refractivity contribution is 5.88. The van der Waals surface area contributed by atoms with Crippen molar-refractivity contribution in [2.75, 3.05) is 13.2 Å². The third kappa shape index (κ3) is 7.39. The molecule has 3 saturated heterocycles. The van der Waals surface area contributed by atoms with Crippen LogP contribution in [0.4, 0.5) is 0 Å². The first-order valence-corrected chi connectivity index (χ1v) is 16.5. The van der Waals surface area contributed by atoms with Crippen molar-refractivity contribution in [2.24, 2.45) is 0 Å². The highest BCUT2D eigenvalue weighted by atomic mass is 16.7. The van der Waals surface area contributed by atoms with Crippen molar-refractivity contribution in [3.8, 4) is 40.1 Å². The standard InChI is InChI=1S/C33H40O21/c1-9-19(38)23(42)26(45)31(49-9)48-8-17-21(40)25(44)28(47)33(53-17)54-30-22(41)18-14(37)5-11(50-32-27(46)24(43)20(39)16(7-34)52-32)6-15(18)51-29(30)10-2-3-12(35)13(36)4-10/h2-6,9,16-17,19-21,23-28,31-40,42-47H,7-8H2,1H3/t9?,16?,17?,19-,20-,21+,23-,24-,25?,26?,27?,28?,31+,32+,33-/m0/s1. The number of hydrogen-bond acceptors (Lipinski definition) is 21. The van der Waals surface area contributed by atoms with Crippen LogP contribution < -0.4 is 14.9 Å². The number of phenolic OH excluding ortho intramolecular Hbond substituents is 3. The van der Waals surface area contributed by atoms with Crippen LogP contribution in [0.25, 0.3) is 22.3 Å². The number of aliphatic hydroxyl groups is 10. The molecule has 54 heavy (non-hydrogen) atoms. The summed E-state index contributed by atoms with van der Waals surface area (Å²) in [5.74, 6) is -3.63. The fourth-order valence-corrected chi connectivity index (χ4v) is 6.19. The fraction of sp³-hybridized carbons (Fsp3) is 0.545. The largest absolute Gasteiger partial charge is 0.507 e. The van der Waals surface area contributed by atoms with Crippen molar-refractivity contribution in [1.82, 2.24) is 0 Å². The van der Waals surface area contributed by atoms with E-state index < -0.39 is 150 Å². The second-order valence-electron chi connectivity index (χ2n) is 13.1. The Balaban J connectivity index is 1.34. The molecule has 3 aromatic rings. The normalized spacial score (nSPS) is 37.3. The molecule has 2 aromatic carbocycles. The van der Waals surface area contributed by atoms with Gasteiger partial charge >= 0.3 is 0 Å². The molecule has 298 valence electrons. The Morgan fingerprint density at radius 2 is 1.22 bits per heavy atom. The monoisotopic (exact) mass is 772 g/mol. The summed E-state index contributed by atoms with van der Waals surface area (Å²) in [5, 5.41) is 133. The van der Waals surface area contributed by atoms with Gasteiger partial charge in [0.05, 0.1) is 19.3 Å². The van der Waals surface area contributed by atoms with E-state index in [2.05, 4.69) is 0 Å². The summed E-state index contributed by atoms with van der Waals surface area (Å²) in [6, 6.07) is 5.15. The Bertz CT molecular complexity index is 1850. The third-order valence-corrected chi connectivity index (χ3v) is 9.38. The lowest BCUT2D eigenvalue weighted by Gasteiger charge is -2.42. The molecule has 21 nitrogen and oxygen atoms in total. The highest BCUT2D eigenvalue weighted by Gasteiger charge is 2.48. The van der Waals surface area contributed by atoms with E-state index in [4.69, 9.17) is 32.8 Å². The summed E-state index contributed by atoms with van der Waals surface area (Å²) in [6.45, 7) is -0.0204. The van der Waals surface area contributed by atoms with Gasteiger partial charge in [-0.25, -0.2) is 0 Å². The van der Waals surface area contributed by atoms with Gasteiger partial charge in [0.1, 0.15) is 89.6 Å². The second-order valence-corrected chi connectivity index (χ2v) is 13.1. The van der Waals surface area contributed by atoms with Crippen molar-refractivity contribution >= 4 is 11.0 Å². The van der Waals surface area contributed by atoms with Crippen LogP contribution in [0.5, 0.6) is 28.7 Å². The topological polar surface area (TPSA) is 349 Å². The number of phenols is 3. The van der Waals surface area contributed by atoms with E-state index in [0.29, 0.717) is 0 Å². The lowest BCUT2D eigenvalue weighted by molar-refractivity contribution is -0.318. The number of aromatic hydroxyl groups is 3. The molecule has 0 spiro atoms. The van der Waals surface area contributed by atoms with E-state index in [0.717, 1.165) is 24.3 Å². The summed E-state index contributed by atoms with van der Waals surface area (Å²) in [7, 11) is 0. The number of rotatable bonds is 9. The van der Waals surface area contributed by atoms with E-state index in [-0.39, 0.29) is 11.3 Å². The molecule has 6 rings (SSSR count). The van der Waals surface area contributed by atoms with E-state index in [1.165, 1.54) is 13.0 Å². The average molecular weight is 773 g/mol. The Kier molecular flexibility index (Phi) is 11.5. The minimum absolute atomic E-state index is 0.122. The van der Waals surface area contributed by atoms with Gasteiger partial charge < -0.3 is 99.2 Å². The van der Waals surface area contributed by atoms with E-state index in [9.17, 15) is 71.2 Å². The molecule has 0 radical (unpaired) electrons. The number of aliphatic hydroxyl groups excluding tert-OH is 10. The first kappa shape index (κ1) is 39.8. The van der Waals surface area contributed by atoms with Gasteiger partial charge in [-0.05, 0) is 25.1 Å². The summed E-state index contributed by atoms with van der Waals surface area (Å²) < 4.78 is 39.1. The number of benzene rings is 2. The van der Waals surface area contributed by atoms with Gasteiger partial charge in [0.2, 0.25) is 23.8 Å². The molecule has 21 heteroatoms. The van der Waals surface area contributed by atoms with Gasteiger partial charge in [0.25, 0.3) is 0 Å². The van der Waals surface area contributed by atoms with Gasteiger partial charge in [0.15, 0.2) is 23.5 Å². The SMILES string of the molecule is CC1O[C@@H](OCC2O[C@@H](Oc3c(-c4ccc(O)c(O)c4)oc4cc(O[C@@H]5OC(CO)[C@H](O)[C@H](O)C5O)cc(O)c4c3=O)C(O)C(O)[C@@H]2O)C(O)[C@@H](O)[C@H]1O. The Hall–Kier alpha value is -3.91. The maximum atomic E-state index is 14.1. The zero-order valence-electron chi connectivity index (χ0n) is 28.0. The lowest BCUT2D eigenvalue weighted by atomic mass is 9.98. The molecule has 1 aromatic heterocycles.